The Morgan fingerprint density at radius 3 is 2.75 bits per heavy atom. The summed E-state index contributed by atoms with van der Waals surface area (Å²) in [5.74, 6) is -1.05. The highest BCUT2D eigenvalue weighted by molar-refractivity contribution is 5.81. The van der Waals surface area contributed by atoms with Gasteiger partial charge >= 0.3 is 12.1 Å². The van der Waals surface area contributed by atoms with Gasteiger partial charge in [-0.15, -0.1) is 0 Å². The number of hydrogen-bond acceptors (Lipinski definition) is 4. The summed E-state index contributed by atoms with van der Waals surface area (Å²) in [5.41, 5.74) is 0.922. The van der Waals surface area contributed by atoms with Crippen molar-refractivity contribution in [3.63, 3.8) is 0 Å². The van der Waals surface area contributed by atoms with Gasteiger partial charge in [-0.25, -0.2) is 9.59 Å². The van der Waals surface area contributed by atoms with Crippen molar-refractivity contribution in [3.05, 3.63) is 29.6 Å². The van der Waals surface area contributed by atoms with Crippen LogP contribution in [0.4, 0.5) is 4.79 Å². The van der Waals surface area contributed by atoms with E-state index in [-0.39, 0.29) is 13.0 Å². The molecule has 6 nitrogen and oxygen atoms in total. The second kappa shape index (κ2) is 5.11. The topological polar surface area (TPSA) is 79.7 Å². The first-order valence-electron chi connectivity index (χ1n) is 6.43. The fourth-order valence-electron chi connectivity index (χ4n) is 2.12. The summed E-state index contributed by atoms with van der Waals surface area (Å²) < 4.78 is 5.28. The van der Waals surface area contributed by atoms with Crippen LogP contribution in [0.2, 0.25) is 0 Å². The Bertz CT molecular complexity index is 536. The molecule has 0 bridgehead atoms. The number of amides is 1. The molecule has 1 N–H and O–H groups in total. The van der Waals surface area contributed by atoms with Crippen molar-refractivity contribution < 1.29 is 19.4 Å². The molecule has 20 heavy (non-hydrogen) atoms. The molecule has 1 aromatic heterocycles. The molecule has 0 radical (unpaired) electrons. The summed E-state index contributed by atoms with van der Waals surface area (Å²) in [7, 11) is 0. The minimum Gasteiger partial charge on any atom is -0.480 e. The van der Waals surface area contributed by atoms with Crippen LogP contribution in [0.3, 0.4) is 0 Å². The van der Waals surface area contributed by atoms with Crippen LogP contribution in [0.25, 0.3) is 0 Å². The molecule has 108 valence electrons. The van der Waals surface area contributed by atoms with Gasteiger partial charge in [0, 0.05) is 18.3 Å². The number of fused-ring (bicyclic) bond motifs is 1. The van der Waals surface area contributed by atoms with Crippen LogP contribution >= 0.6 is 0 Å². The Kier molecular flexibility index (Phi) is 3.65. The quantitative estimate of drug-likeness (QED) is 0.847. The second-order valence-electron chi connectivity index (χ2n) is 5.78. The normalized spacial score (nSPS) is 18.4. The van der Waals surface area contributed by atoms with E-state index in [4.69, 9.17) is 4.74 Å². The molecule has 2 heterocycles. The summed E-state index contributed by atoms with van der Waals surface area (Å²) in [6, 6.07) is 2.68. The fraction of sp³-hybridized carbons (Fsp3) is 0.500. The fourth-order valence-corrected chi connectivity index (χ4v) is 2.12. The average molecular weight is 278 g/mol. The molecular formula is C14H18N2O4. The zero-order chi connectivity index (χ0) is 14.9. The molecule has 0 unspecified atom stereocenters. The third-order valence-corrected chi connectivity index (χ3v) is 3.00. The molecular weight excluding hydrogens is 260 g/mol. The van der Waals surface area contributed by atoms with E-state index in [9.17, 15) is 14.7 Å². The van der Waals surface area contributed by atoms with E-state index in [1.165, 1.54) is 4.90 Å². The number of carboxylic acids is 1. The molecule has 1 aliphatic heterocycles. The smallest absolute Gasteiger partial charge is 0.411 e. The highest BCUT2D eigenvalue weighted by Crippen LogP contribution is 2.24. The number of aliphatic carboxylic acids is 1. The Labute approximate surface area is 117 Å². The summed E-state index contributed by atoms with van der Waals surface area (Å²) in [6.45, 7) is 5.45. The Balaban J connectivity index is 2.27. The standard InChI is InChI=1S/C14H18N2O4/c1-14(2,3)20-13(19)16-8-9-5-4-6-15-10(9)7-11(16)12(17)18/h4-6,11H,7-8H2,1-3H3,(H,17,18)/t11-/m1/s1. The number of rotatable bonds is 1. The van der Waals surface area contributed by atoms with Crippen LogP contribution in [0.1, 0.15) is 32.0 Å². The van der Waals surface area contributed by atoms with E-state index in [1.54, 1.807) is 33.0 Å². The predicted molar refractivity (Wildman–Crippen MR) is 71.1 cm³/mol. The molecule has 1 atom stereocenters. The lowest BCUT2D eigenvalue weighted by atomic mass is 9.99. The van der Waals surface area contributed by atoms with Crippen LogP contribution in [0, 0.1) is 0 Å². The molecule has 1 amide bonds. The Morgan fingerprint density at radius 2 is 2.15 bits per heavy atom. The van der Waals surface area contributed by atoms with Crippen molar-refractivity contribution in [1.82, 2.24) is 9.88 Å². The lowest BCUT2D eigenvalue weighted by molar-refractivity contribution is -0.143. The zero-order valence-corrected chi connectivity index (χ0v) is 11.8. The van der Waals surface area contributed by atoms with Crippen LogP contribution in [0.15, 0.2) is 18.3 Å². The van der Waals surface area contributed by atoms with Crippen molar-refractivity contribution in [2.45, 2.75) is 45.4 Å². The van der Waals surface area contributed by atoms with E-state index in [0.29, 0.717) is 0 Å². The van der Waals surface area contributed by atoms with E-state index in [0.717, 1.165) is 11.3 Å². The number of carbonyl (C=O) groups excluding carboxylic acids is 1. The van der Waals surface area contributed by atoms with Crippen LogP contribution in [0.5, 0.6) is 0 Å². The molecule has 6 heteroatoms. The van der Waals surface area contributed by atoms with Gasteiger partial charge in [0.05, 0.1) is 6.54 Å². The number of pyridine rings is 1. The second-order valence-corrected chi connectivity index (χ2v) is 5.78. The number of nitrogens with zero attached hydrogens (tertiary/aromatic N) is 2. The maximum Gasteiger partial charge on any atom is 0.411 e. The van der Waals surface area contributed by atoms with Gasteiger partial charge in [-0.05, 0) is 32.4 Å². The monoisotopic (exact) mass is 278 g/mol. The number of aromatic nitrogens is 1. The van der Waals surface area contributed by atoms with Crippen LogP contribution < -0.4 is 0 Å². The molecule has 0 saturated carbocycles. The van der Waals surface area contributed by atoms with Crippen molar-refractivity contribution in [3.8, 4) is 0 Å². The largest absolute Gasteiger partial charge is 0.480 e. The van der Waals surface area contributed by atoms with Gasteiger partial charge in [-0.1, -0.05) is 6.07 Å². The Hall–Kier alpha value is -2.11. The van der Waals surface area contributed by atoms with Gasteiger partial charge in [-0.2, -0.15) is 0 Å². The minimum atomic E-state index is -1.05. The van der Waals surface area contributed by atoms with Gasteiger partial charge in [-0.3, -0.25) is 9.88 Å². The molecule has 1 aromatic rings. The van der Waals surface area contributed by atoms with Crippen molar-refractivity contribution in [1.29, 1.82) is 0 Å². The first-order valence-corrected chi connectivity index (χ1v) is 6.43. The summed E-state index contributed by atoms with van der Waals surface area (Å²) in [5, 5.41) is 9.30. The van der Waals surface area contributed by atoms with E-state index in [2.05, 4.69) is 4.98 Å². The summed E-state index contributed by atoms with van der Waals surface area (Å²) in [6.07, 6.45) is 1.21. The summed E-state index contributed by atoms with van der Waals surface area (Å²) in [4.78, 5) is 29.0. The average Bonchev–Trinajstić information content (AvgIpc) is 2.35. The molecule has 0 aromatic carbocycles. The molecule has 2 rings (SSSR count). The Morgan fingerprint density at radius 1 is 1.45 bits per heavy atom. The summed E-state index contributed by atoms with van der Waals surface area (Å²) >= 11 is 0. The lowest BCUT2D eigenvalue weighted by Gasteiger charge is -2.35. The minimum absolute atomic E-state index is 0.199. The highest BCUT2D eigenvalue weighted by Gasteiger charge is 2.37. The maximum atomic E-state index is 12.2. The van der Waals surface area contributed by atoms with Gasteiger partial charge < -0.3 is 9.84 Å². The molecule has 0 fully saturated rings. The number of hydrogen-bond donors (Lipinski definition) is 1. The third kappa shape index (κ3) is 3.07. The highest BCUT2D eigenvalue weighted by atomic mass is 16.6. The number of carbonyl (C=O) groups is 2. The SMILES string of the molecule is CC(C)(C)OC(=O)N1Cc2cccnc2C[C@@H]1C(=O)O. The van der Waals surface area contributed by atoms with Crippen LogP contribution in [-0.4, -0.2) is 38.7 Å². The molecule has 1 aliphatic rings. The third-order valence-electron chi connectivity index (χ3n) is 3.00. The van der Waals surface area contributed by atoms with Gasteiger partial charge in [0.25, 0.3) is 0 Å². The van der Waals surface area contributed by atoms with Gasteiger partial charge in [0.2, 0.25) is 0 Å². The van der Waals surface area contributed by atoms with Crippen LogP contribution in [-0.2, 0) is 22.5 Å². The molecule has 0 aliphatic carbocycles. The zero-order valence-electron chi connectivity index (χ0n) is 11.8. The van der Waals surface area contributed by atoms with Crippen molar-refractivity contribution in [2.24, 2.45) is 0 Å². The number of carboxylic acid groups (broad SMARTS) is 1. The first-order chi connectivity index (χ1) is 9.28. The number of ether oxygens (including phenoxy) is 1. The van der Waals surface area contributed by atoms with Crippen molar-refractivity contribution in [2.75, 3.05) is 0 Å². The van der Waals surface area contributed by atoms with E-state index in [1.807, 2.05) is 6.07 Å². The maximum absolute atomic E-state index is 12.2. The molecule has 0 spiro atoms. The first kappa shape index (κ1) is 14.3. The predicted octanol–water partition coefficient (Wildman–Crippen LogP) is 1.83. The van der Waals surface area contributed by atoms with E-state index >= 15 is 0 Å². The van der Waals surface area contributed by atoms with Gasteiger partial charge in [0.15, 0.2) is 0 Å². The lowest BCUT2D eigenvalue weighted by Crippen LogP contribution is -2.50. The van der Waals surface area contributed by atoms with Crippen molar-refractivity contribution >= 4 is 12.1 Å². The van der Waals surface area contributed by atoms with E-state index < -0.39 is 23.7 Å². The molecule has 0 saturated heterocycles. The van der Waals surface area contributed by atoms with Gasteiger partial charge in [0.1, 0.15) is 11.6 Å².